The van der Waals surface area contributed by atoms with Gasteiger partial charge in [0, 0.05) is 7.05 Å². The fourth-order valence-corrected chi connectivity index (χ4v) is 4.35. The number of nitrogens with zero attached hydrogens (tertiary/aromatic N) is 2. The summed E-state index contributed by atoms with van der Waals surface area (Å²) >= 11 is 3.65. The summed E-state index contributed by atoms with van der Waals surface area (Å²) in [7, 11) is 1.95. The second-order valence-electron chi connectivity index (χ2n) is 6.18. The standard InChI is InChI=1S/C16H25BrN2O2/c1-4-10-6-7-12(16(20)21)11(8-10)9-14-15(17)13(5-2)18-19(14)3/h10-12H,4-9H2,1-3H3,(H,20,21). The highest BCUT2D eigenvalue weighted by atomic mass is 79.9. The van der Waals surface area contributed by atoms with Crippen molar-refractivity contribution in [3.05, 3.63) is 15.9 Å². The fraction of sp³-hybridized carbons (Fsp3) is 0.750. The number of carboxylic acid groups (broad SMARTS) is 1. The number of carboxylic acids is 1. The number of aliphatic carboxylic acids is 1. The Morgan fingerprint density at radius 1 is 1.43 bits per heavy atom. The molecule has 2 rings (SSSR count). The Balaban J connectivity index is 2.21. The molecular formula is C16H25BrN2O2. The Morgan fingerprint density at radius 3 is 2.67 bits per heavy atom. The van der Waals surface area contributed by atoms with Crippen LogP contribution in [0.2, 0.25) is 0 Å². The zero-order valence-electron chi connectivity index (χ0n) is 13.1. The first-order valence-electron chi connectivity index (χ1n) is 7.90. The van der Waals surface area contributed by atoms with E-state index in [0.29, 0.717) is 5.92 Å². The van der Waals surface area contributed by atoms with Crippen molar-refractivity contribution in [1.29, 1.82) is 0 Å². The molecule has 1 aliphatic rings. The maximum absolute atomic E-state index is 11.5. The molecule has 1 heterocycles. The van der Waals surface area contributed by atoms with Crippen molar-refractivity contribution in [1.82, 2.24) is 9.78 Å². The van der Waals surface area contributed by atoms with Gasteiger partial charge < -0.3 is 5.11 Å². The second-order valence-corrected chi connectivity index (χ2v) is 6.97. The molecule has 4 nitrogen and oxygen atoms in total. The molecule has 1 aromatic rings. The Hall–Kier alpha value is -0.840. The Labute approximate surface area is 135 Å². The van der Waals surface area contributed by atoms with Gasteiger partial charge in [-0.25, -0.2) is 0 Å². The lowest BCUT2D eigenvalue weighted by Gasteiger charge is -2.33. The molecule has 1 aliphatic carbocycles. The van der Waals surface area contributed by atoms with Crippen LogP contribution in [0.4, 0.5) is 0 Å². The molecular weight excluding hydrogens is 332 g/mol. The molecule has 0 aromatic carbocycles. The van der Waals surface area contributed by atoms with E-state index in [2.05, 4.69) is 34.9 Å². The molecule has 3 unspecified atom stereocenters. The fourth-order valence-electron chi connectivity index (χ4n) is 3.57. The van der Waals surface area contributed by atoms with Crippen LogP contribution in [0, 0.1) is 17.8 Å². The summed E-state index contributed by atoms with van der Waals surface area (Å²) < 4.78 is 2.98. The summed E-state index contributed by atoms with van der Waals surface area (Å²) in [6.07, 6.45) is 5.73. The Morgan fingerprint density at radius 2 is 2.14 bits per heavy atom. The van der Waals surface area contributed by atoms with Crippen LogP contribution >= 0.6 is 15.9 Å². The van der Waals surface area contributed by atoms with E-state index in [4.69, 9.17) is 0 Å². The maximum atomic E-state index is 11.5. The van der Waals surface area contributed by atoms with Crippen LogP contribution in [0.25, 0.3) is 0 Å². The molecule has 0 spiro atoms. The molecule has 1 fully saturated rings. The molecule has 1 saturated carbocycles. The molecule has 1 N–H and O–H groups in total. The van der Waals surface area contributed by atoms with Gasteiger partial charge in [-0.3, -0.25) is 9.48 Å². The minimum absolute atomic E-state index is 0.209. The van der Waals surface area contributed by atoms with Gasteiger partial charge in [0.05, 0.1) is 21.8 Å². The van der Waals surface area contributed by atoms with E-state index in [1.807, 2.05) is 11.7 Å². The monoisotopic (exact) mass is 356 g/mol. The van der Waals surface area contributed by atoms with Crippen LogP contribution < -0.4 is 0 Å². The summed E-state index contributed by atoms with van der Waals surface area (Å²) in [5.74, 6) is 0.0455. The smallest absolute Gasteiger partial charge is 0.306 e. The highest BCUT2D eigenvalue weighted by Gasteiger charge is 2.35. The van der Waals surface area contributed by atoms with E-state index in [0.717, 1.165) is 54.4 Å². The van der Waals surface area contributed by atoms with Crippen LogP contribution in [-0.2, 0) is 24.7 Å². The van der Waals surface area contributed by atoms with Gasteiger partial charge in [0.2, 0.25) is 0 Å². The first-order chi connectivity index (χ1) is 9.97. The van der Waals surface area contributed by atoms with E-state index in [-0.39, 0.29) is 11.8 Å². The summed E-state index contributed by atoms with van der Waals surface area (Å²) in [5, 5.41) is 14.0. The lowest BCUT2D eigenvalue weighted by Crippen LogP contribution is -2.32. The van der Waals surface area contributed by atoms with Crippen molar-refractivity contribution in [2.24, 2.45) is 24.8 Å². The van der Waals surface area contributed by atoms with E-state index in [1.165, 1.54) is 0 Å². The van der Waals surface area contributed by atoms with E-state index in [1.54, 1.807) is 0 Å². The van der Waals surface area contributed by atoms with E-state index >= 15 is 0 Å². The summed E-state index contributed by atoms with van der Waals surface area (Å²) in [5.41, 5.74) is 2.20. The van der Waals surface area contributed by atoms with E-state index < -0.39 is 5.97 Å². The quantitative estimate of drug-likeness (QED) is 0.872. The predicted octanol–water partition coefficient (Wildman–Crippen LogP) is 3.81. The largest absolute Gasteiger partial charge is 0.481 e. The number of aromatic nitrogens is 2. The average molecular weight is 357 g/mol. The molecule has 0 amide bonds. The molecule has 3 atom stereocenters. The first kappa shape index (κ1) is 16.5. The lowest BCUT2D eigenvalue weighted by molar-refractivity contribution is -0.145. The number of carbonyl (C=O) groups is 1. The molecule has 0 saturated heterocycles. The number of hydrogen-bond acceptors (Lipinski definition) is 2. The summed E-state index contributed by atoms with van der Waals surface area (Å²) in [4.78, 5) is 11.5. The Bertz CT molecular complexity index is 513. The van der Waals surface area contributed by atoms with Crippen molar-refractivity contribution in [3.8, 4) is 0 Å². The number of aryl methyl sites for hydroxylation is 2. The second kappa shape index (κ2) is 6.95. The van der Waals surface area contributed by atoms with E-state index in [9.17, 15) is 9.90 Å². The van der Waals surface area contributed by atoms with Crippen LogP contribution in [-0.4, -0.2) is 20.9 Å². The third-order valence-electron chi connectivity index (χ3n) is 4.94. The lowest BCUT2D eigenvalue weighted by atomic mass is 9.71. The molecule has 118 valence electrons. The zero-order chi connectivity index (χ0) is 15.6. The third kappa shape index (κ3) is 3.50. The van der Waals surface area contributed by atoms with Gasteiger partial charge in [-0.15, -0.1) is 0 Å². The minimum Gasteiger partial charge on any atom is -0.481 e. The minimum atomic E-state index is -0.636. The molecule has 0 bridgehead atoms. The number of halogens is 1. The number of rotatable bonds is 5. The van der Waals surface area contributed by atoms with Crippen molar-refractivity contribution >= 4 is 21.9 Å². The van der Waals surface area contributed by atoms with Gasteiger partial charge in [0.1, 0.15) is 0 Å². The van der Waals surface area contributed by atoms with Crippen LogP contribution in [0.1, 0.15) is 50.9 Å². The van der Waals surface area contributed by atoms with Crippen molar-refractivity contribution < 1.29 is 9.90 Å². The normalized spacial score (nSPS) is 26.0. The first-order valence-corrected chi connectivity index (χ1v) is 8.70. The van der Waals surface area contributed by atoms with Gasteiger partial charge in [-0.2, -0.15) is 5.10 Å². The van der Waals surface area contributed by atoms with Crippen molar-refractivity contribution in [3.63, 3.8) is 0 Å². The van der Waals surface area contributed by atoms with Crippen LogP contribution in [0.5, 0.6) is 0 Å². The summed E-state index contributed by atoms with van der Waals surface area (Å²) in [6.45, 7) is 4.29. The van der Waals surface area contributed by atoms with Crippen LogP contribution in [0.3, 0.4) is 0 Å². The van der Waals surface area contributed by atoms with Gasteiger partial charge >= 0.3 is 5.97 Å². The highest BCUT2D eigenvalue weighted by Crippen LogP contribution is 2.38. The summed E-state index contributed by atoms with van der Waals surface area (Å²) in [6, 6.07) is 0. The highest BCUT2D eigenvalue weighted by molar-refractivity contribution is 9.10. The molecule has 5 heteroatoms. The van der Waals surface area contributed by atoms with Crippen LogP contribution in [0.15, 0.2) is 4.47 Å². The SMILES string of the molecule is CCc1nn(C)c(CC2CC(CC)CCC2C(=O)O)c1Br. The zero-order valence-corrected chi connectivity index (χ0v) is 14.7. The molecule has 0 aliphatic heterocycles. The van der Waals surface area contributed by atoms with Crippen molar-refractivity contribution in [2.45, 2.75) is 52.4 Å². The average Bonchev–Trinajstić information content (AvgIpc) is 2.74. The molecule has 0 radical (unpaired) electrons. The predicted molar refractivity (Wildman–Crippen MR) is 86.2 cm³/mol. The van der Waals surface area contributed by atoms with Crippen molar-refractivity contribution in [2.75, 3.05) is 0 Å². The third-order valence-corrected chi connectivity index (χ3v) is 5.86. The molecule has 21 heavy (non-hydrogen) atoms. The maximum Gasteiger partial charge on any atom is 0.306 e. The number of hydrogen-bond donors (Lipinski definition) is 1. The van der Waals surface area contributed by atoms with Gasteiger partial charge in [-0.1, -0.05) is 20.3 Å². The molecule has 1 aromatic heterocycles. The Kier molecular flexibility index (Phi) is 5.47. The van der Waals surface area contributed by atoms with Gasteiger partial charge in [0.25, 0.3) is 0 Å². The van der Waals surface area contributed by atoms with Gasteiger partial charge in [0.15, 0.2) is 0 Å². The topological polar surface area (TPSA) is 55.1 Å². The van der Waals surface area contributed by atoms with Gasteiger partial charge in [-0.05, 0) is 59.9 Å².